The van der Waals surface area contributed by atoms with E-state index in [0.717, 1.165) is 9.99 Å². The van der Waals surface area contributed by atoms with Crippen LogP contribution >= 0.6 is 0 Å². The van der Waals surface area contributed by atoms with E-state index >= 15 is 0 Å². The number of hydrogen-bond acceptors (Lipinski definition) is 19. The first-order valence-electron chi connectivity index (χ1n) is 37.6. The summed E-state index contributed by atoms with van der Waals surface area (Å²) in [6, 6.07) is 26.8. The quantitative estimate of drug-likeness (QED) is 0.00901. The first-order valence-corrected chi connectivity index (χ1v) is 40.5. The van der Waals surface area contributed by atoms with E-state index in [1.54, 1.807) is 92.7 Å². The molecule has 0 bridgehead atoms. The van der Waals surface area contributed by atoms with Gasteiger partial charge >= 0.3 is 0 Å². The fraction of sp³-hybridized carbons (Fsp3) is 0.436. The molecule has 4 aliphatic heterocycles. The van der Waals surface area contributed by atoms with Gasteiger partial charge in [-0.2, -0.15) is 23.0 Å². The Morgan fingerprint density at radius 2 is 1.09 bits per heavy atom. The zero-order valence-electron chi connectivity index (χ0n) is 63.2. The number of guanidine groups is 1. The van der Waals surface area contributed by atoms with E-state index in [1.165, 1.54) is 70.2 Å². The van der Waals surface area contributed by atoms with Crippen LogP contribution < -0.4 is 53.6 Å². The van der Waals surface area contributed by atoms with Crippen LogP contribution in [0.15, 0.2) is 165 Å². The van der Waals surface area contributed by atoms with Crippen LogP contribution in [0.3, 0.4) is 0 Å². The molecule has 0 spiro atoms. The van der Waals surface area contributed by atoms with Crippen molar-refractivity contribution >= 4 is 113 Å². The topological polar surface area (TPSA) is 452 Å². The van der Waals surface area contributed by atoms with Gasteiger partial charge in [0.1, 0.15) is 65.0 Å². The summed E-state index contributed by atoms with van der Waals surface area (Å²) in [6.07, 6.45) is 2.53. The van der Waals surface area contributed by atoms with Gasteiger partial charge in [0.2, 0.25) is 63.2 Å². The highest BCUT2D eigenvalue weighted by Gasteiger charge is 2.47. The van der Waals surface area contributed by atoms with Gasteiger partial charge in [0.15, 0.2) is 5.96 Å². The number of benzene rings is 6. The molecule has 32 nitrogen and oxygen atoms in total. The van der Waals surface area contributed by atoms with Gasteiger partial charge in [-0.3, -0.25) is 52.7 Å². The molecule has 4 heterocycles. The van der Waals surface area contributed by atoms with E-state index in [1.807, 2.05) is 31.1 Å². The molecule has 9 amide bonds. The predicted octanol–water partition coefficient (Wildman–Crippen LogP) is 4.27. The Balaban J connectivity index is 0.754. The van der Waals surface area contributed by atoms with Crippen molar-refractivity contribution in [3.63, 3.8) is 0 Å². The SMILES string of the molecule is CC(C)[C@H](NC(=O)[C@@H]1CCCN1C(=O)[C@H](C)NC(=O)[C@@H]1CCCN1C(=O)[C@@H]1CCCN1C(=O)[C@H](CCCN=C(N)N)NC(=O)[C@@H]1CCCN1S(=O)(=O)c1ccc(N=Nc2ccc(N(C)C)cc2)cc1)C(=O)N[C@@H](Cc1ccccc1)C(=O)N[C@@H](Cc1ccc(O)cc1)C(=O)NCCNc1cccc2c(S(=O)(=O)O)cccc12. The van der Waals surface area contributed by atoms with Gasteiger partial charge in [-0.15, -0.1) is 0 Å². The second-order valence-corrected chi connectivity index (χ2v) is 32.2. The van der Waals surface area contributed by atoms with Gasteiger partial charge in [-0.05, 0) is 161 Å². The molecule has 0 aromatic heterocycles. The van der Waals surface area contributed by atoms with Crippen molar-refractivity contribution in [1.82, 2.24) is 50.9 Å². The Kier molecular flexibility index (Phi) is 28.1. The van der Waals surface area contributed by atoms with Crippen LogP contribution in [-0.4, -0.2) is 219 Å². The molecule has 4 fully saturated rings. The monoisotopic (exact) mass is 1580 g/mol. The Morgan fingerprint density at radius 3 is 1.72 bits per heavy atom. The number of aromatic hydroxyl groups is 1. The molecule has 4 aliphatic rings. The number of nitrogens with one attached hydrogen (secondary N) is 7. The van der Waals surface area contributed by atoms with Crippen molar-refractivity contribution in [2.24, 2.45) is 32.6 Å². The maximum absolute atomic E-state index is 14.9. The predicted molar refractivity (Wildman–Crippen MR) is 420 cm³/mol. The minimum absolute atomic E-state index is 0.0162. The maximum atomic E-state index is 14.9. The summed E-state index contributed by atoms with van der Waals surface area (Å²) in [5, 5.41) is 39.5. The standard InChI is InChI=1S/C78H99N17O15S2/c1-48(2)68(74(102)87-62(46-50-16-7-6-8-17-50)70(98)86-61(47-51-27-35-55(96)36-28-51)69(97)82-41-40-81-59-20-9-19-58-57(59)18-10-26-67(58)112(108,109)110)88-72(100)64-23-12-42-92(64)75(103)49(3)84-71(99)63-22-13-43-93(63)77(105)66-25-14-44-94(66)76(104)60(21-11-39-83-78(79)80)85-73(101)65-24-15-45-95(65)111(106,107)56-37-31-53(32-38-56)90-89-52-29-33-54(34-30-52)91(4)5/h6-10,16-20,26-38,48-49,60-66,68,81,96H,11-15,21-25,39-47H2,1-5H3,(H,82,97)(H,84,99)(H,85,101)(H,86,98)(H,87,102)(H,88,100)(H4,79,80,83)(H,108,109,110)/t49-,60-,61-,62-,63-,64-,65-,66-,68-/m0/s1. The number of nitrogens with zero attached hydrogens (tertiary/aromatic N) is 8. The minimum Gasteiger partial charge on any atom is -0.508 e. The van der Waals surface area contributed by atoms with Crippen molar-refractivity contribution in [1.29, 1.82) is 0 Å². The van der Waals surface area contributed by atoms with Crippen molar-refractivity contribution < 1.29 is 69.6 Å². The molecule has 4 saturated heterocycles. The number of anilines is 2. The van der Waals surface area contributed by atoms with Crippen LogP contribution in [0.5, 0.6) is 5.75 Å². The number of nitrogens with two attached hydrogens (primary N) is 2. The largest absolute Gasteiger partial charge is 0.508 e. The summed E-state index contributed by atoms with van der Waals surface area (Å²) < 4.78 is 63.7. The lowest BCUT2D eigenvalue weighted by molar-refractivity contribution is -0.148. The highest BCUT2D eigenvalue weighted by Crippen LogP contribution is 2.33. The highest BCUT2D eigenvalue weighted by atomic mass is 32.2. The number of carbonyl (C=O) groups is 9. The number of azo groups is 1. The van der Waals surface area contributed by atoms with Crippen molar-refractivity contribution in [3.05, 3.63) is 151 Å². The number of phenols is 1. The summed E-state index contributed by atoms with van der Waals surface area (Å²) in [6.45, 7) is 5.55. The summed E-state index contributed by atoms with van der Waals surface area (Å²) in [7, 11) is -4.95. The molecule has 6 aromatic rings. The lowest BCUT2D eigenvalue weighted by Crippen LogP contribution is -2.60. The molecule has 10 rings (SSSR count). The number of amides is 9. The molecule has 34 heteroatoms. The van der Waals surface area contributed by atoms with E-state index in [-0.39, 0.29) is 124 Å². The Morgan fingerprint density at radius 1 is 0.545 bits per heavy atom. The van der Waals surface area contributed by atoms with Crippen molar-refractivity contribution in [3.8, 4) is 5.75 Å². The lowest BCUT2D eigenvalue weighted by Gasteiger charge is -2.34. The van der Waals surface area contributed by atoms with Gasteiger partial charge in [-0.1, -0.05) is 80.6 Å². The van der Waals surface area contributed by atoms with Crippen LogP contribution in [0.25, 0.3) is 10.8 Å². The molecular weight excluding hydrogens is 1480 g/mol. The van der Waals surface area contributed by atoms with Crippen LogP contribution in [-0.2, 0) is 76.1 Å². The second kappa shape index (κ2) is 37.7. The zero-order chi connectivity index (χ0) is 80.6. The molecule has 0 radical (unpaired) electrons. The number of carbonyl (C=O) groups excluding carboxylic acids is 9. The number of aliphatic imine (C=N–C) groups is 1. The van der Waals surface area contributed by atoms with E-state index < -0.39 is 134 Å². The molecular formula is C78H99N17O15S2. The van der Waals surface area contributed by atoms with Crippen molar-refractivity contribution in [2.45, 2.75) is 162 Å². The summed E-state index contributed by atoms with van der Waals surface area (Å²) in [4.78, 5) is 141. The minimum atomic E-state index is -4.54. The molecule has 0 saturated carbocycles. The third kappa shape index (κ3) is 21.1. The van der Waals surface area contributed by atoms with E-state index in [4.69, 9.17) is 11.5 Å². The zero-order valence-corrected chi connectivity index (χ0v) is 64.9. The number of phenolic OH excluding ortho intramolecular Hbond substituents is 1. The molecule has 112 heavy (non-hydrogen) atoms. The first-order chi connectivity index (χ1) is 53.5. The average molecular weight is 1580 g/mol. The Bertz CT molecular complexity index is 4690. The molecule has 0 unspecified atom stereocenters. The van der Waals surface area contributed by atoms with Crippen molar-refractivity contribution in [2.75, 3.05) is 70.1 Å². The Hall–Kier alpha value is -11.1. The summed E-state index contributed by atoms with van der Waals surface area (Å²) in [5.41, 5.74) is 14.9. The number of fused-ring (bicyclic) bond motifs is 1. The van der Waals surface area contributed by atoms with Crippen LogP contribution in [0.2, 0.25) is 0 Å². The fourth-order valence-corrected chi connectivity index (χ4v) is 17.0. The van der Waals surface area contributed by atoms with Crippen LogP contribution in [0.4, 0.5) is 22.7 Å². The fourth-order valence-electron chi connectivity index (χ4n) is 14.6. The maximum Gasteiger partial charge on any atom is 0.295 e. The Labute approximate surface area is 651 Å². The number of hydrogen-bond donors (Lipinski definition) is 11. The van der Waals surface area contributed by atoms with Crippen LogP contribution in [0, 0.1) is 5.92 Å². The second-order valence-electron chi connectivity index (χ2n) is 29.0. The average Bonchev–Trinajstić information content (AvgIpc) is 1.32. The van der Waals surface area contributed by atoms with E-state index in [2.05, 4.69) is 52.4 Å². The number of sulfonamides is 1. The third-order valence-corrected chi connectivity index (χ3v) is 23.3. The van der Waals surface area contributed by atoms with Gasteiger partial charge in [-0.25, -0.2) is 8.42 Å². The highest BCUT2D eigenvalue weighted by molar-refractivity contribution is 7.89. The van der Waals surface area contributed by atoms with Gasteiger partial charge in [0.05, 0.1) is 16.3 Å². The molecule has 598 valence electrons. The first kappa shape index (κ1) is 83.4. The molecule has 6 aromatic carbocycles. The van der Waals surface area contributed by atoms with E-state index in [9.17, 15) is 69.6 Å². The van der Waals surface area contributed by atoms with E-state index in [0.29, 0.717) is 59.3 Å². The molecule has 13 N–H and O–H groups in total. The summed E-state index contributed by atoms with van der Waals surface area (Å²) in [5.74, 6) is -6.61. The third-order valence-electron chi connectivity index (χ3n) is 20.5. The smallest absolute Gasteiger partial charge is 0.295 e. The van der Waals surface area contributed by atoms with Crippen LogP contribution in [0.1, 0.15) is 96.1 Å². The van der Waals surface area contributed by atoms with Gasteiger partial charge < -0.3 is 73.4 Å². The summed E-state index contributed by atoms with van der Waals surface area (Å²) >= 11 is 0. The van der Waals surface area contributed by atoms with Gasteiger partial charge in [0.25, 0.3) is 10.1 Å². The van der Waals surface area contributed by atoms with Gasteiger partial charge in [0, 0.05) is 94.9 Å². The normalized spacial score (nSPS) is 18.6. The number of rotatable bonds is 33. The number of likely N-dealkylation sites (tertiary alicyclic amines) is 3. The molecule has 0 aliphatic carbocycles. The lowest BCUT2D eigenvalue weighted by atomic mass is 9.99. The molecule has 9 atom stereocenters.